The summed E-state index contributed by atoms with van der Waals surface area (Å²) < 4.78 is 39.0. The van der Waals surface area contributed by atoms with Crippen molar-refractivity contribution < 1.29 is 12.6 Å². The molecule has 23 heavy (non-hydrogen) atoms. The standard InChI is InChI=1S/C17H19NO3S2/c1-22(19)16-9-7-15(8-10-16)18-23(20,21)17-11-6-13-4-2-3-5-14(13)12-17/h6-12,18H,2-5H2,1H3. The van der Waals surface area contributed by atoms with Crippen molar-refractivity contribution in [1.82, 2.24) is 0 Å². The van der Waals surface area contributed by atoms with E-state index in [0.717, 1.165) is 24.8 Å². The summed E-state index contributed by atoms with van der Waals surface area (Å²) in [6, 6.07) is 12.0. The highest BCUT2D eigenvalue weighted by molar-refractivity contribution is 7.92. The molecule has 0 radical (unpaired) electrons. The molecule has 122 valence electrons. The van der Waals surface area contributed by atoms with Crippen LogP contribution in [-0.2, 0) is 33.7 Å². The van der Waals surface area contributed by atoms with Gasteiger partial charge in [0.25, 0.3) is 10.0 Å². The minimum absolute atomic E-state index is 0.293. The second-order valence-corrected chi connectivity index (χ2v) is 8.78. The molecule has 0 saturated carbocycles. The summed E-state index contributed by atoms with van der Waals surface area (Å²) in [5, 5.41) is 0. The fourth-order valence-corrected chi connectivity index (χ4v) is 4.43. The Bertz CT molecular complexity index is 843. The lowest BCUT2D eigenvalue weighted by Crippen LogP contribution is -2.14. The van der Waals surface area contributed by atoms with E-state index in [9.17, 15) is 12.6 Å². The third-order valence-corrected chi connectivity index (χ3v) is 6.38. The van der Waals surface area contributed by atoms with E-state index in [-0.39, 0.29) is 0 Å². The second kappa shape index (κ2) is 6.45. The quantitative estimate of drug-likeness (QED) is 0.922. The molecular formula is C17H19NO3S2. The molecule has 3 rings (SSSR count). The molecule has 4 nitrogen and oxygen atoms in total. The smallest absolute Gasteiger partial charge is 0.261 e. The highest BCUT2D eigenvalue weighted by Gasteiger charge is 2.17. The summed E-state index contributed by atoms with van der Waals surface area (Å²) >= 11 is 0. The topological polar surface area (TPSA) is 63.2 Å². The minimum atomic E-state index is -3.61. The highest BCUT2D eigenvalue weighted by atomic mass is 32.2. The summed E-state index contributed by atoms with van der Waals surface area (Å²) in [6.45, 7) is 0. The molecular weight excluding hydrogens is 330 g/mol. The number of hydrogen-bond acceptors (Lipinski definition) is 3. The Kier molecular flexibility index (Phi) is 4.55. The van der Waals surface area contributed by atoms with Crippen molar-refractivity contribution in [2.75, 3.05) is 11.0 Å². The molecule has 2 aromatic rings. The SMILES string of the molecule is CS(=O)c1ccc(NS(=O)(=O)c2ccc3c(c2)CCCC3)cc1. The number of aryl methyl sites for hydroxylation is 2. The van der Waals surface area contributed by atoms with Crippen molar-refractivity contribution in [3.05, 3.63) is 53.6 Å². The van der Waals surface area contributed by atoms with Crippen molar-refractivity contribution in [3.63, 3.8) is 0 Å². The number of anilines is 1. The molecule has 0 spiro atoms. The summed E-state index contributed by atoms with van der Waals surface area (Å²) in [5.74, 6) is 0. The first-order chi connectivity index (χ1) is 11.0. The lowest BCUT2D eigenvalue weighted by Gasteiger charge is -2.17. The van der Waals surface area contributed by atoms with Gasteiger partial charge in [0.15, 0.2) is 0 Å². The molecule has 0 fully saturated rings. The molecule has 0 heterocycles. The summed E-state index contributed by atoms with van der Waals surface area (Å²) in [7, 11) is -4.68. The number of rotatable bonds is 4. The predicted molar refractivity (Wildman–Crippen MR) is 92.7 cm³/mol. The normalized spacial score (nSPS) is 15.7. The zero-order valence-electron chi connectivity index (χ0n) is 12.9. The zero-order valence-corrected chi connectivity index (χ0v) is 14.5. The summed E-state index contributed by atoms with van der Waals surface area (Å²) in [5.41, 5.74) is 2.86. The van der Waals surface area contributed by atoms with E-state index in [0.29, 0.717) is 15.5 Å². The van der Waals surface area contributed by atoms with Crippen LogP contribution in [0, 0.1) is 0 Å². The second-order valence-electron chi connectivity index (χ2n) is 5.72. The van der Waals surface area contributed by atoms with Crippen LogP contribution >= 0.6 is 0 Å². The van der Waals surface area contributed by atoms with E-state index in [2.05, 4.69) is 4.72 Å². The zero-order chi connectivity index (χ0) is 16.4. The average Bonchev–Trinajstić information content (AvgIpc) is 2.54. The molecule has 0 bridgehead atoms. The van der Waals surface area contributed by atoms with Crippen LogP contribution in [0.1, 0.15) is 24.0 Å². The maximum Gasteiger partial charge on any atom is 0.261 e. The van der Waals surface area contributed by atoms with E-state index >= 15 is 0 Å². The molecule has 1 atom stereocenters. The molecule has 0 amide bonds. The Morgan fingerprint density at radius 3 is 2.26 bits per heavy atom. The molecule has 0 saturated heterocycles. The lowest BCUT2D eigenvalue weighted by atomic mass is 9.92. The van der Waals surface area contributed by atoms with Crippen LogP contribution in [0.2, 0.25) is 0 Å². The summed E-state index contributed by atoms with van der Waals surface area (Å²) in [6.07, 6.45) is 5.84. The lowest BCUT2D eigenvalue weighted by molar-refractivity contribution is 0.600. The predicted octanol–water partition coefficient (Wildman–Crippen LogP) is 3.10. The van der Waals surface area contributed by atoms with E-state index in [4.69, 9.17) is 0 Å². The molecule has 2 aromatic carbocycles. The Morgan fingerprint density at radius 1 is 0.957 bits per heavy atom. The fraction of sp³-hybridized carbons (Fsp3) is 0.294. The Labute approximate surface area is 139 Å². The van der Waals surface area contributed by atoms with Crippen molar-refractivity contribution in [2.45, 2.75) is 35.5 Å². The first kappa shape index (κ1) is 16.2. The minimum Gasteiger partial charge on any atom is -0.280 e. The van der Waals surface area contributed by atoms with Gasteiger partial charge in [0.05, 0.1) is 4.90 Å². The fourth-order valence-electron chi connectivity index (χ4n) is 2.81. The van der Waals surface area contributed by atoms with Crippen molar-refractivity contribution >= 4 is 26.5 Å². The first-order valence-electron chi connectivity index (χ1n) is 7.54. The van der Waals surface area contributed by atoms with Crippen LogP contribution in [-0.4, -0.2) is 18.9 Å². The number of hydrogen-bond donors (Lipinski definition) is 1. The maximum absolute atomic E-state index is 12.5. The van der Waals surface area contributed by atoms with Gasteiger partial charge in [-0.15, -0.1) is 0 Å². The molecule has 1 aliphatic carbocycles. The van der Waals surface area contributed by atoms with Gasteiger partial charge in [-0.1, -0.05) is 6.07 Å². The van der Waals surface area contributed by atoms with Crippen LogP contribution < -0.4 is 4.72 Å². The van der Waals surface area contributed by atoms with E-state index in [1.54, 1.807) is 42.7 Å². The monoisotopic (exact) mass is 349 g/mol. The molecule has 6 heteroatoms. The number of sulfonamides is 1. The van der Waals surface area contributed by atoms with Gasteiger partial charge in [0, 0.05) is 27.6 Å². The molecule has 0 aliphatic heterocycles. The van der Waals surface area contributed by atoms with Gasteiger partial charge < -0.3 is 0 Å². The van der Waals surface area contributed by atoms with E-state index in [1.165, 1.54) is 12.0 Å². The summed E-state index contributed by atoms with van der Waals surface area (Å²) in [4.78, 5) is 0.961. The Hall–Kier alpha value is -1.66. The third-order valence-electron chi connectivity index (χ3n) is 4.07. The molecule has 0 aromatic heterocycles. The molecule has 1 unspecified atom stereocenters. The van der Waals surface area contributed by atoms with Crippen LogP contribution in [0.25, 0.3) is 0 Å². The van der Waals surface area contributed by atoms with E-state index in [1.807, 2.05) is 6.07 Å². The van der Waals surface area contributed by atoms with Crippen LogP contribution in [0.15, 0.2) is 52.3 Å². The highest BCUT2D eigenvalue weighted by Crippen LogP contribution is 2.25. The van der Waals surface area contributed by atoms with Crippen LogP contribution in [0.3, 0.4) is 0 Å². The Morgan fingerprint density at radius 2 is 1.61 bits per heavy atom. The van der Waals surface area contributed by atoms with Gasteiger partial charge in [-0.2, -0.15) is 0 Å². The van der Waals surface area contributed by atoms with Crippen LogP contribution in [0.4, 0.5) is 5.69 Å². The molecule has 1 N–H and O–H groups in total. The number of nitrogens with one attached hydrogen (secondary N) is 1. The van der Waals surface area contributed by atoms with E-state index < -0.39 is 20.8 Å². The third kappa shape index (κ3) is 3.64. The van der Waals surface area contributed by atoms with Gasteiger partial charge in [-0.25, -0.2) is 8.42 Å². The average molecular weight is 349 g/mol. The first-order valence-corrected chi connectivity index (χ1v) is 10.6. The van der Waals surface area contributed by atoms with Gasteiger partial charge in [0.2, 0.25) is 0 Å². The number of benzene rings is 2. The van der Waals surface area contributed by atoms with Gasteiger partial charge in [0.1, 0.15) is 0 Å². The van der Waals surface area contributed by atoms with Crippen LogP contribution in [0.5, 0.6) is 0 Å². The maximum atomic E-state index is 12.5. The van der Waals surface area contributed by atoms with Crippen molar-refractivity contribution in [2.24, 2.45) is 0 Å². The molecule has 1 aliphatic rings. The van der Waals surface area contributed by atoms with Gasteiger partial charge in [-0.3, -0.25) is 8.93 Å². The van der Waals surface area contributed by atoms with Crippen molar-refractivity contribution in [3.8, 4) is 0 Å². The van der Waals surface area contributed by atoms with Gasteiger partial charge >= 0.3 is 0 Å². The number of fused-ring (bicyclic) bond motifs is 1. The Balaban J connectivity index is 1.85. The van der Waals surface area contributed by atoms with Crippen molar-refractivity contribution in [1.29, 1.82) is 0 Å². The largest absolute Gasteiger partial charge is 0.280 e. The van der Waals surface area contributed by atoms with Gasteiger partial charge in [-0.05, 0) is 73.2 Å².